The summed E-state index contributed by atoms with van der Waals surface area (Å²) in [5.74, 6) is -0.241. The van der Waals surface area contributed by atoms with Crippen LogP contribution < -0.4 is 5.32 Å². The molecule has 0 radical (unpaired) electrons. The minimum absolute atomic E-state index is 0.193. The number of benzene rings is 1. The number of halogens is 1. The van der Waals surface area contributed by atoms with E-state index < -0.39 is 0 Å². The van der Waals surface area contributed by atoms with Gasteiger partial charge in [0, 0.05) is 19.6 Å². The summed E-state index contributed by atoms with van der Waals surface area (Å²) in [6.07, 6.45) is 3.32. The van der Waals surface area contributed by atoms with Gasteiger partial charge in [0.15, 0.2) is 0 Å². The zero-order valence-electron chi connectivity index (χ0n) is 11.2. The molecule has 0 fully saturated rings. The van der Waals surface area contributed by atoms with Gasteiger partial charge in [-0.3, -0.25) is 0 Å². The fourth-order valence-electron chi connectivity index (χ4n) is 1.66. The highest BCUT2D eigenvalue weighted by atomic mass is 19.1. The zero-order chi connectivity index (χ0) is 14.3. The van der Waals surface area contributed by atoms with Crippen LogP contribution in [0, 0.1) is 12.7 Å². The number of rotatable bonds is 6. The third-order valence-corrected chi connectivity index (χ3v) is 2.65. The van der Waals surface area contributed by atoms with Crippen molar-refractivity contribution < 1.29 is 9.18 Å². The molecule has 1 rings (SSSR count). The van der Waals surface area contributed by atoms with E-state index in [1.54, 1.807) is 36.1 Å². The molecule has 0 aromatic heterocycles. The maximum absolute atomic E-state index is 13.1. The molecule has 0 aliphatic heterocycles. The molecule has 0 saturated heterocycles. The van der Waals surface area contributed by atoms with Crippen molar-refractivity contribution in [1.29, 1.82) is 0 Å². The Morgan fingerprint density at radius 1 is 1.37 bits per heavy atom. The zero-order valence-corrected chi connectivity index (χ0v) is 11.2. The number of nitrogens with one attached hydrogen (secondary N) is 1. The van der Waals surface area contributed by atoms with E-state index in [-0.39, 0.29) is 11.8 Å². The van der Waals surface area contributed by atoms with Crippen LogP contribution in [0.2, 0.25) is 0 Å². The molecule has 4 heteroatoms. The van der Waals surface area contributed by atoms with Gasteiger partial charge in [-0.15, -0.1) is 13.2 Å². The average molecular weight is 262 g/mol. The maximum Gasteiger partial charge on any atom is 0.318 e. The van der Waals surface area contributed by atoms with Gasteiger partial charge in [-0.25, -0.2) is 9.18 Å². The molecule has 3 nitrogen and oxygen atoms in total. The Kier molecular flexibility index (Phi) is 5.79. The summed E-state index contributed by atoms with van der Waals surface area (Å²) >= 11 is 0. The van der Waals surface area contributed by atoms with E-state index in [9.17, 15) is 9.18 Å². The highest BCUT2D eigenvalue weighted by Crippen LogP contribution is 2.09. The third kappa shape index (κ3) is 4.58. The van der Waals surface area contributed by atoms with Gasteiger partial charge in [0.2, 0.25) is 0 Å². The number of hydrogen-bond acceptors (Lipinski definition) is 1. The second-order valence-corrected chi connectivity index (χ2v) is 4.22. The fraction of sp³-hybridized carbons (Fsp3) is 0.267. The van der Waals surface area contributed by atoms with Crippen LogP contribution in [0.3, 0.4) is 0 Å². The van der Waals surface area contributed by atoms with Gasteiger partial charge in [0.1, 0.15) is 5.82 Å². The molecule has 0 saturated carbocycles. The predicted octanol–water partition coefficient (Wildman–Crippen LogP) is 3.02. The standard InChI is InChI=1S/C15H19FN2O/c1-4-8-18(9-5-2)15(19)17-11-13-6-7-14(16)12(3)10-13/h4-7,10H,1-2,8-9,11H2,3H3,(H,17,19). The minimum atomic E-state index is -0.241. The molecular weight excluding hydrogens is 243 g/mol. The van der Waals surface area contributed by atoms with Crippen LogP contribution in [0.1, 0.15) is 11.1 Å². The van der Waals surface area contributed by atoms with Crippen LogP contribution in [0.25, 0.3) is 0 Å². The van der Waals surface area contributed by atoms with E-state index >= 15 is 0 Å². The first kappa shape index (κ1) is 15.0. The van der Waals surface area contributed by atoms with E-state index in [0.717, 1.165) is 5.56 Å². The number of hydrogen-bond donors (Lipinski definition) is 1. The molecule has 0 bridgehead atoms. The molecule has 102 valence electrons. The van der Waals surface area contributed by atoms with Gasteiger partial charge < -0.3 is 10.2 Å². The summed E-state index contributed by atoms with van der Waals surface area (Å²) in [4.78, 5) is 13.5. The molecule has 0 heterocycles. The van der Waals surface area contributed by atoms with Crippen molar-refractivity contribution in [3.63, 3.8) is 0 Å². The topological polar surface area (TPSA) is 32.3 Å². The lowest BCUT2D eigenvalue weighted by Gasteiger charge is -2.19. The van der Waals surface area contributed by atoms with Crippen molar-refractivity contribution in [2.45, 2.75) is 13.5 Å². The second kappa shape index (κ2) is 7.36. The van der Waals surface area contributed by atoms with Crippen LogP contribution in [0.5, 0.6) is 0 Å². The number of urea groups is 1. The Hall–Kier alpha value is -2.10. The number of nitrogens with zero attached hydrogens (tertiary/aromatic N) is 1. The first-order valence-corrected chi connectivity index (χ1v) is 6.08. The Labute approximate surface area is 113 Å². The smallest absolute Gasteiger partial charge is 0.318 e. The van der Waals surface area contributed by atoms with Crippen LogP contribution >= 0.6 is 0 Å². The molecule has 0 spiro atoms. The minimum Gasteiger partial charge on any atom is -0.334 e. The average Bonchev–Trinajstić information content (AvgIpc) is 2.39. The summed E-state index contributed by atoms with van der Waals surface area (Å²) in [6, 6.07) is 4.60. The normalized spacial score (nSPS) is 9.79. The van der Waals surface area contributed by atoms with Crippen LogP contribution in [0.15, 0.2) is 43.5 Å². The molecule has 0 aliphatic rings. The van der Waals surface area contributed by atoms with E-state index in [1.165, 1.54) is 6.07 Å². The number of aryl methyl sites for hydroxylation is 1. The van der Waals surface area contributed by atoms with Gasteiger partial charge in [0.05, 0.1) is 0 Å². The van der Waals surface area contributed by atoms with Gasteiger partial charge in [-0.1, -0.05) is 24.3 Å². The first-order chi connectivity index (χ1) is 9.08. The summed E-state index contributed by atoms with van der Waals surface area (Å²) in [5, 5.41) is 2.78. The molecule has 0 unspecified atom stereocenters. The van der Waals surface area contributed by atoms with Crippen LogP contribution in [-0.2, 0) is 6.54 Å². The summed E-state index contributed by atoms with van der Waals surface area (Å²) in [6.45, 7) is 10.2. The summed E-state index contributed by atoms with van der Waals surface area (Å²) in [7, 11) is 0. The molecule has 0 atom stereocenters. The van der Waals surface area contributed by atoms with E-state index in [4.69, 9.17) is 0 Å². The predicted molar refractivity (Wildman–Crippen MR) is 75.3 cm³/mol. The fourth-order valence-corrected chi connectivity index (χ4v) is 1.66. The van der Waals surface area contributed by atoms with Crippen LogP contribution in [-0.4, -0.2) is 24.0 Å². The van der Waals surface area contributed by atoms with Crippen LogP contribution in [0.4, 0.5) is 9.18 Å². The lowest BCUT2D eigenvalue weighted by Crippen LogP contribution is -2.39. The van der Waals surface area contributed by atoms with Crippen molar-refractivity contribution in [3.8, 4) is 0 Å². The third-order valence-electron chi connectivity index (χ3n) is 2.65. The summed E-state index contributed by atoms with van der Waals surface area (Å²) in [5.41, 5.74) is 1.44. The lowest BCUT2D eigenvalue weighted by molar-refractivity contribution is 0.208. The molecule has 2 amide bonds. The van der Waals surface area contributed by atoms with Gasteiger partial charge in [-0.2, -0.15) is 0 Å². The number of amides is 2. The lowest BCUT2D eigenvalue weighted by atomic mass is 10.1. The molecular formula is C15H19FN2O. The van der Waals surface area contributed by atoms with Gasteiger partial charge >= 0.3 is 6.03 Å². The molecule has 1 aromatic rings. The number of carbonyl (C=O) groups excluding carboxylic acids is 1. The highest BCUT2D eigenvalue weighted by Gasteiger charge is 2.09. The molecule has 1 N–H and O–H groups in total. The Bertz CT molecular complexity index is 461. The molecule has 0 aliphatic carbocycles. The molecule has 19 heavy (non-hydrogen) atoms. The SMILES string of the molecule is C=CCN(CC=C)C(=O)NCc1ccc(F)c(C)c1. The van der Waals surface area contributed by atoms with Gasteiger partial charge in [0.25, 0.3) is 0 Å². The van der Waals surface area contributed by atoms with Crippen molar-refractivity contribution in [2.24, 2.45) is 0 Å². The monoisotopic (exact) mass is 262 g/mol. The Morgan fingerprint density at radius 3 is 2.53 bits per heavy atom. The van der Waals surface area contributed by atoms with Crippen molar-refractivity contribution in [1.82, 2.24) is 10.2 Å². The second-order valence-electron chi connectivity index (χ2n) is 4.22. The Balaban J connectivity index is 2.58. The summed E-state index contributed by atoms with van der Waals surface area (Å²) < 4.78 is 13.1. The van der Waals surface area contributed by atoms with Crippen molar-refractivity contribution in [3.05, 3.63) is 60.5 Å². The largest absolute Gasteiger partial charge is 0.334 e. The maximum atomic E-state index is 13.1. The molecule has 1 aromatic carbocycles. The van der Waals surface area contributed by atoms with E-state index in [1.807, 2.05) is 0 Å². The first-order valence-electron chi connectivity index (χ1n) is 6.08. The van der Waals surface area contributed by atoms with Gasteiger partial charge in [-0.05, 0) is 24.1 Å². The van der Waals surface area contributed by atoms with Crippen molar-refractivity contribution in [2.75, 3.05) is 13.1 Å². The number of carbonyl (C=O) groups is 1. The van der Waals surface area contributed by atoms with Crippen molar-refractivity contribution >= 4 is 6.03 Å². The van der Waals surface area contributed by atoms with E-state index in [2.05, 4.69) is 18.5 Å². The quantitative estimate of drug-likeness (QED) is 0.785. The highest BCUT2D eigenvalue weighted by molar-refractivity contribution is 5.74. The Morgan fingerprint density at radius 2 is 2.00 bits per heavy atom. The van der Waals surface area contributed by atoms with E-state index in [0.29, 0.717) is 25.2 Å².